The maximum absolute atomic E-state index is 12.3. The van der Waals surface area contributed by atoms with Gasteiger partial charge in [0.05, 0.1) is 16.5 Å². The summed E-state index contributed by atoms with van der Waals surface area (Å²) in [5.74, 6) is 1.27. The van der Waals surface area contributed by atoms with Gasteiger partial charge in [0.2, 0.25) is 10.0 Å². The smallest absolute Gasteiger partial charge is 0.240 e. The molecule has 0 bridgehead atoms. The van der Waals surface area contributed by atoms with E-state index >= 15 is 0 Å². The van der Waals surface area contributed by atoms with Gasteiger partial charge in [0.15, 0.2) is 11.5 Å². The molecule has 0 aliphatic carbocycles. The van der Waals surface area contributed by atoms with E-state index in [9.17, 15) is 8.42 Å². The second kappa shape index (κ2) is 6.28. The van der Waals surface area contributed by atoms with Crippen molar-refractivity contribution in [2.75, 3.05) is 13.2 Å². The maximum Gasteiger partial charge on any atom is 0.240 e. The predicted octanol–water partition coefficient (Wildman–Crippen LogP) is 1.81. The van der Waals surface area contributed by atoms with Crippen LogP contribution in [0.2, 0.25) is 0 Å². The van der Waals surface area contributed by atoms with Gasteiger partial charge in [-0.1, -0.05) is 12.1 Å². The average Bonchev–Trinajstić information content (AvgIpc) is 2.60. The van der Waals surface area contributed by atoms with Crippen LogP contribution in [-0.2, 0) is 16.6 Å². The van der Waals surface area contributed by atoms with Crippen molar-refractivity contribution in [1.29, 1.82) is 5.26 Å². The van der Waals surface area contributed by atoms with E-state index < -0.39 is 10.0 Å². The van der Waals surface area contributed by atoms with Crippen molar-refractivity contribution in [3.05, 3.63) is 53.6 Å². The van der Waals surface area contributed by atoms with Crippen molar-refractivity contribution in [3.63, 3.8) is 0 Å². The second-order valence-electron chi connectivity index (χ2n) is 4.94. The number of sulfonamides is 1. The van der Waals surface area contributed by atoms with Crippen LogP contribution in [0.5, 0.6) is 11.5 Å². The molecule has 118 valence electrons. The Morgan fingerprint density at radius 1 is 1.09 bits per heavy atom. The van der Waals surface area contributed by atoms with Crippen LogP contribution < -0.4 is 14.2 Å². The summed E-state index contributed by atoms with van der Waals surface area (Å²) in [7, 11) is -3.69. The number of rotatable bonds is 4. The molecule has 0 fully saturated rings. The van der Waals surface area contributed by atoms with Crippen LogP contribution in [0.3, 0.4) is 0 Å². The molecule has 1 heterocycles. The predicted molar refractivity (Wildman–Crippen MR) is 82.6 cm³/mol. The maximum atomic E-state index is 12.3. The summed E-state index contributed by atoms with van der Waals surface area (Å²) in [5, 5.41) is 8.86. The summed E-state index contributed by atoms with van der Waals surface area (Å²) < 4.78 is 38.0. The van der Waals surface area contributed by atoms with Gasteiger partial charge in [-0.2, -0.15) is 5.26 Å². The first-order chi connectivity index (χ1) is 11.1. The van der Waals surface area contributed by atoms with E-state index in [2.05, 4.69) is 4.72 Å². The Hall–Kier alpha value is -2.56. The molecular formula is C16H14N2O4S. The summed E-state index contributed by atoms with van der Waals surface area (Å²) in [5.41, 5.74) is 1.06. The van der Waals surface area contributed by atoms with E-state index in [0.29, 0.717) is 30.3 Å². The minimum atomic E-state index is -3.69. The van der Waals surface area contributed by atoms with Gasteiger partial charge in [-0.05, 0) is 35.9 Å². The van der Waals surface area contributed by atoms with Crippen LogP contribution in [0, 0.1) is 11.3 Å². The van der Waals surface area contributed by atoms with Gasteiger partial charge in [-0.25, -0.2) is 13.1 Å². The van der Waals surface area contributed by atoms with Crippen LogP contribution in [0.15, 0.2) is 47.4 Å². The highest BCUT2D eigenvalue weighted by Gasteiger charge is 2.16. The lowest BCUT2D eigenvalue weighted by molar-refractivity contribution is 0.171. The summed E-state index contributed by atoms with van der Waals surface area (Å²) in [4.78, 5) is 0.0640. The van der Waals surface area contributed by atoms with E-state index in [1.54, 1.807) is 24.3 Å². The molecule has 0 saturated heterocycles. The molecule has 0 spiro atoms. The highest BCUT2D eigenvalue weighted by molar-refractivity contribution is 7.89. The van der Waals surface area contributed by atoms with Gasteiger partial charge < -0.3 is 9.47 Å². The summed E-state index contributed by atoms with van der Waals surface area (Å²) >= 11 is 0. The molecule has 7 heteroatoms. The third-order valence-corrected chi connectivity index (χ3v) is 4.75. The lowest BCUT2D eigenvalue weighted by atomic mass is 10.2. The molecule has 0 amide bonds. The van der Waals surface area contributed by atoms with Crippen molar-refractivity contribution < 1.29 is 17.9 Å². The number of nitriles is 1. The minimum Gasteiger partial charge on any atom is -0.486 e. The molecule has 0 aromatic heterocycles. The number of benzene rings is 2. The van der Waals surface area contributed by atoms with Gasteiger partial charge in [0.25, 0.3) is 0 Å². The average molecular weight is 330 g/mol. The Kier molecular flexibility index (Phi) is 4.19. The molecule has 1 aliphatic heterocycles. The Morgan fingerprint density at radius 2 is 1.87 bits per heavy atom. The Bertz CT molecular complexity index is 872. The first-order valence-electron chi connectivity index (χ1n) is 6.97. The summed E-state index contributed by atoms with van der Waals surface area (Å²) in [6.07, 6.45) is 0. The number of ether oxygens (including phenoxy) is 2. The molecule has 2 aromatic carbocycles. The standard InChI is InChI=1S/C16H14N2O4S/c17-10-12-2-1-3-14(8-12)23(19,20)18-11-13-4-5-15-16(9-13)22-7-6-21-15/h1-5,8-9,18H,6-7,11H2. The molecule has 0 unspecified atom stereocenters. The SMILES string of the molecule is N#Cc1cccc(S(=O)(=O)NCc2ccc3c(c2)OCCO3)c1. The van der Waals surface area contributed by atoms with Crippen LogP contribution in [-0.4, -0.2) is 21.6 Å². The van der Waals surface area contributed by atoms with E-state index in [0.717, 1.165) is 5.56 Å². The zero-order valence-electron chi connectivity index (χ0n) is 12.2. The topological polar surface area (TPSA) is 88.4 Å². The number of nitrogens with zero attached hydrogens (tertiary/aromatic N) is 1. The molecule has 0 atom stereocenters. The van der Waals surface area contributed by atoms with Crippen molar-refractivity contribution in [3.8, 4) is 17.6 Å². The molecule has 2 aromatic rings. The molecular weight excluding hydrogens is 316 g/mol. The van der Waals surface area contributed by atoms with Gasteiger partial charge in [-0.15, -0.1) is 0 Å². The van der Waals surface area contributed by atoms with E-state index in [-0.39, 0.29) is 11.4 Å². The number of hydrogen-bond donors (Lipinski definition) is 1. The fourth-order valence-corrected chi connectivity index (χ4v) is 3.26. The first-order valence-corrected chi connectivity index (χ1v) is 8.45. The normalized spacial score (nSPS) is 13.3. The van der Waals surface area contributed by atoms with Crippen LogP contribution in [0.25, 0.3) is 0 Å². The van der Waals surface area contributed by atoms with Gasteiger partial charge >= 0.3 is 0 Å². The van der Waals surface area contributed by atoms with Gasteiger partial charge in [-0.3, -0.25) is 0 Å². The van der Waals surface area contributed by atoms with Crippen LogP contribution >= 0.6 is 0 Å². The highest BCUT2D eigenvalue weighted by Crippen LogP contribution is 2.30. The molecule has 1 aliphatic rings. The largest absolute Gasteiger partial charge is 0.486 e. The van der Waals surface area contributed by atoms with E-state index in [1.165, 1.54) is 18.2 Å². The minimum absolute atomic E-state index is 0.0640. The van der Waals surface area contributed by atoms with E-state index in [1.807, 2.05) is 6.07 Å². The Labute approximate surface area is 134 Å². The zero-order valence-corrected chi connectivity index (χ0v) is 13.0. The zero-order chi connectivity index (χ0) is 16.3. The van der Waals surface area contributed by atoms with Crippen molar-refractivity contribution in [2.24, 2.45) is 0 Å². The summed E-state index contributed by atoms with van der Waals surface area (Å²) in [6, 6.07) is 13.1. The Balaban J connectivity index is 1.75. The number of fused-ring (bicyclic) bond motifs is 1. The number of nitrogens with one attached hydrogen (secondary N) is 1. The summed E-state index contributed by atoms with van der Waals surface area (Å²) in [6.45, 7) is 1.10. The molecule has 1 N–H and O–H groups in total. The Morgan fingerprint density at radius 3 is 2.65 bits per heavy atom. The van der Waals surface area contributed by atoms with E-state index in [4.69, 9.17) is 14.7 Å². The monoisotopic (exact) mass is 330 g/mol. The van der Waals surface area contributed by atoms with Crippen LogP contribution in [0.4, 0.5) is 0 Å². The second-order valence-corrected chi connectivity index (χ2v) is 6.71. The lowest BCUT2D eigenvalue weighted by Gasteiger charge is -2.19. The number of hydrogen-bond acceptors (Lipinski definition) is 5. The quantitative estimate of drug-likeness (QED) is 0.923. The fourth-order valence-electron chi connectivity index (χ4n) is 2.19. The first kappa shape index (κ1) is 15.3. The third kappa shape index (κ3) is 3.44. The third-order valence-electron chi connectivity index (χ3n) is 3.35. The molecule has 6 nitrogen and oxygen atoms in total. The molecule has 0 radical (unpaired) electrons. The van der Waals surface area contributed by atoms with Crippen molar-refractivity contribution >= 4 is 10.0 Å². The van der Waals surface area contributed by atoms with Crippen LogP contribution in [0.1, 0.15) is 11.1 Å². The van der Waals surface area contributed by atoms with Crippen molar-refractivity contribution in [1.82, 2.24) is 4.72 Å². The van der Waals surface area contributed by atoms with Gasteiger partial charge in [0.1, 0.15) is 13.2 Å². The highest BCUT2D eigenvalue weighted by atomic mass is 32.2. The lowest BCUT2D eigenvalue weighted by Crippen LogP contribution is -2.23. The molecule has 0 saturated carbocycles. The molecule has 23 heavy (non-hydrogen) atoms. The molecule has 3 rings (SSSR count). The van der Waals surface area contributed by atoms with Gasteiger partial charge in [0, 0.05) is 6.54 Å². The van der Waals surface area contributed by atoms with Crippen molar-refractivity contribution in [2.45, 2.75) is 11.4 Å². The fraction of sp³-hybridized carbons (Fsp3) is 0.188.